The summed E-state index contributed by atoms with van der Waals surface area (Å²) in [6.45, 7) is 5.31. The Bertz CT molecular complexity index is 1180. The molecule has 7 nitrogen and oxygen atoms in total. The molecule has 33 heavy (non-hydrogen) atoms. The van der Waals surface area contributed by atoms with Crippen molar-refractivity contribution in [2.75, 3.05) is 11.9 Å². The van der Waals surface area contributed by atoms with Crippen molar-refractivity contribution in [3.05, 3.63) is 83.2 Å². The summed E-state index contributed by atoms with van der Waals surface area (Å²) in [7, 11) is 0. The van der Waals surface area contributed by atoms with Crippen LogP contribution in [0.1, 0.15) is 35.4 Å². The van der Waals surface area contributed by atoms with Crippen molar-refractivity contribution in [3.63, 3.8) is 0 Å². The van der Waals surface area contributed by atoms with Crippen LogP contribution in [0.2, 0.25) is 0 Å². The zero-order valence-corrected chi connectivity index (χ0v) is 19.0. The fourth-order valence-corrected chi connectivity index (χ4v) is 4.39. The van der Waals surface area contributed by atoms with Crippen LogP contribution in [0, 0.1) is 13.8 Å². The van der Waals surface area contributed by atoms with Gasteiger partial charge in [-0.1, -0.05) is 36.4 Å². The predicted molar refractivity (Wildman–Crippen MR) is 130 cm³/mol. The van der Waals surface area contributed by atoms with E-state index in [2.05, 4.69) is 15.3 Å². The average molecular weight is 444 g/mol. The predicted octanol–water partition coefficient (Wildman–Crippen LogP) is 3.59. The molecule has 2 heterocycles. The van der Waals surface area contributed by atoms with Crippen molar-refractivity contribution in [1.29, 1.82) is 0 Å². The Hall–Kier alpha value is -3.71. The number of nitrogens with two attached hydrogens (primary N) is 1. The Balaban J connectivity index is 1.48. The fraction of sp³-hybridized carbons (Fsp3) is 0.269. The third kappa shape index (κ3) is 5.04. The summed E-state index contributed by atoms with van der Waals surface area (Å²) in [4.78, 5) is 26.5. The number of rotatable bonds is 7. The first kappa shape index (κ1) is 22.5. The van der Waals surface area contributed by atoms with Gasteiger partial charge < -0.3 is 11.1 Å². The van der Waals surface area contributed by atoms with Gasteiger partial charge in [-0.25, -0.2) is 4.68 Å². The number of aryl methyl sites for hydroxylation is 1. The number of benzene rings is 2. The SMILES string of the molecule is Cc1nn(-c2ccccc2)c(C)c1/C=C/C(=O)Nc1ccccc1CN1CCCC1C(N)=O. The molecule has 7 heteroatoms. The van der Waals surface area contributed by atoms with Gasteiger partial charge in [-0.05, 0) is 63.1 Å². The number of nitrogens with one attached hydrogen (secondary N) is 1. The molecule has 1 unspecified atom stereocenters. The van der Waals surface area contributed by atoms with Crippen molar-refractivity contribution in [3.8, 4) is 5.69 Å². The second kappa shape index (κ2) is 9.83. The molecular formula is C26H29N5O2. The molecule has 0 aliphatic carbocycles. The highest BCUT2D eigenvalue weighted by atomic mass is 16.2. The van der Waals surface area contributed by atoms with Crippen molar-refractivity contribution < 1.29 is 9.59 Å². The molecule has 1 aliphatic rings. The molecule has 1 saturated heterocycles. The topological polar surface area (TPSA) is 93.2 Å². The number of carbonyl (C=O) groups excluding carboxylic acids is 2. The number of para-hydroxylation sites is 2. The Morgan fingerprint density at radius 2 is 1.85 bits per heavy atom. The number of carbonyl (C=O) groups is 2. The smallest absolute Gasteiger partial charge is 0.248 e. The standard InChI is InChI=1S/C26H29N5O2/c1-18-22(19(2)31(29-18)21-10-4-3-5-11-21)14-15-25(32)28-23-12-7-6-9-20(23)17-30-16-8-13-24(30)26(27)33/h3-7,9-12,14-15,24H,8,13,16-17H2,1-2H3,(H2,27,33)(H,28,32)/b15-14+. The molecule has 1 fully saturated rings. The van der Waals surface area contributed by atoms with Crippen LogP contribution in [0.25, 0.3) is 11.8 Å². The maximum atomic E-state index is 12.7. The molecular weight excluding hydrogens is 414 g/mol. The largest absolute Gasteiger partial charge is 0.368 e. The lowest BCUT2D eigenvalue weighted by Gasteiger charge is -2.23. The van der Waals surface area contributed by atoms with Gasteiger partial charge in [0.15, 0.2) is 0 Å². The number of aromatic nitrogens is 2. The van der Waals surface area contributed by atoms with E-state index < -0.39 is 0 Å². The zero-order chi connectivity index (χ0) is 23.4. The maximum absolute atomic E-state index is 12.7. The van der Waals surface area contributed by atoms with Gasteiger partial charge in [-0.2, -0.15) is 5.10 Å². The second-order valence-corrected chi connectivity index (χ2v) is 8.34. The minimum atomic E-state index is -0.293. The van der Waals surface area contributed by atoms with Crippen molar-refractivity contribution in [2.45, 2.75) is 39.3 Å². The third-order valence-electron chi connectivity index (χ3n) is 6.09. The third-order valence-corrected chi connectivity index (χ3v) is 6.09. The van der Waals surface area contributed by atoms with Gasteiger partial charge in [0.1, 0.15) is 0 Å². The number of amides is 2. The van der Waals surface area contributed by atoms with Gasteiger partial charge in [0.25, 0.3) is 0 Å². The first-order valence-electron chi connectivity index (χ1n) is 11.2. The lowest BCUT2D eigenvalue weighted by Crippen LogP contribution is -2.39. The van der Waals surface area contributed by atoms with Crippen LogP contribution in [0.5, 0.6) is 0 Å². The quantitative estimate of drug-likeness (QED) is 0.546. The van der Waals surface area contributed by atoms with Gasteiger partial charge in [-0.15, -0.1) is 0 Å². The van der Waals surface area contributed by atoms with E-state index in [0.717, 1.165) is 53.3 Å². The highest BCUT2D eigenvalue weighted by Gasteiger charge is 2.29. The molecule has 1 atom stereocenters. The number of anilines is 1. The monoisotopic (exact) mass is 443 g/mol. The van der Waals surface area contributed by atoms with Crippen LogP contribution >= 0.6 is 0 Å². The van der Waals surface area contributed by atoms with E-state index in [4.69, 9.17) is 5.73 Å². The molecule has 3 aromatic rings. The first-order valence-corrected chi connectivity index (χ1v) is 11.2. The lowest BCUT2D eigenvalue weighted by molar-refractivity contribution is -0.122. The van der Waals surface area contributed by atoms with Gasteiger partial charge in [0.2, 0.25) is 11.8 Å². The highest BCUT2D eigenvalue weighted by Crippen LogP contribution is 2.24. The van der Waals surface area contributed by atoms with E-state index in [-0.39, 0.29) is 17.9 Å². The molecule has 0 spiro atoms. The van der Waals surface area contributed by atoms with Gasteiger partial charge in [0.05, 0.1) is 17.4 Å². The summed E-state index contributed by atoms with van der Waals surface area (Å²) in [5, 5.41) is 7.61. The van der Waals surface area contributed by atoms with Crippen LogP contribution in [-0.4, -0.2) is 39.1 Å². The summed E-state index contributed by atoms with van der Waals surface area (Å²) in [6, 6.07) is 17.3. The molecule has 170 valence electrons. The van der Waals surface area contributed by atoms with E-state index in [1.807, 2.05) is 73.1 Å². The van der Waals surface area contributed by atoms with Crippen molar-refractivity contribution >= 4 is 23.6 Å². The van der Waals surface area contributed by atoms with E-state index >= 15 is 0 Å². The number of hydrogen-bond acceptors (Lipinski definition) is 4. The summed E-state index contributed by atoms with van der Waals surface area (Å²) in [6.07, 6.45) is 5.06. The van der Waals surface area contributed by atoms with Crippen LogP contribution in [-0.2, 0) is 16.1 Å². The maximum Gasteiger partial charge on any atom is 0.248 e. The minimum Gasteiger partial charge on any atom is -0.368 e. The molecule has 4 rings (SSSR count). The molecule has 3 N–H and O–H groups in total. The highest BCUT2D eigenvalue weighted by molar-refractivity contribution is 6.02. The second-order valence-electron chi connectivity index (χ2n) is 8.34. The first-order chi connectivity index (χ1) is 15.9. The number of nitrogens with zero attached hydrogens (tertiary/aromatic N) is 3. The molecule has 0 radical (unpaired) electrons. The zero-order valence-electron chi connectivity index (χ0n) is 19.0. The number of likely N-dealkylation sites (tertiary alicyclic amines) is 1. The van der Waals surface area contributed by atoms with Crippen LogP contribution in [0.4, 0.5) is 5.69 Å². The number of primary amides is 1. The Morgan fingerprint density at radius 1 is 1.12 bits per heavy atom. The summed E-state index contributed by atoms with van der Waals surface area (Å²) in [5.74, 6) is -0.514. The summed E-state index contributed by atoms with van der Waals surface area (Å²) >= 11 is 0. The Kier molecular flexibility index (Phi) is 6.70. The van der Waals surface area contributed by atoms with E-state index in [1.54, 1.807) is 6.08 Å². The Morgan fingerprint density at radius 3 is 2.61 bits per heavy atom. The molecule has 2 aromatic carbocycles. The summed E-state index contributed by atoms with van der Waals surface area (Å²) in [5.41, 5.74) is 11.0. The van der Waals surface area contributed by atoms with E-state index in [9.17, 15) is 9.59 Å². The van der Waals surface area contributed by atoms with E-state index in [0.29, 0.717) is 6.54 Å². The normalized spacial score (nSPS) is 16.4. The van der Waals surface area contributed by atoms with Gasteiger partial charge in [-0.3, -0.25) is 14.5 Å². The number of hydrogen-bond donors (Lipinski definition) is 2. The van der Waals surface area contributed by atoms with Crippen LogP contribution in [0.15, 0.2) is 60.7 Å². The molecule has 1 aromatic heterocycles. The summed E-state index contributed by atoms with van der Waals surface area (Å²) < 4.78 is 1.88. The molecule has 2 amide bonds. The van der Waals surface area contributed by atoms with Gasteiger partial charge >= 0.3 is 0 Å². The minimum absolute atomic E-state index is 0.221. The Labute approximate surface area is 193 Å². The van der Waals surface area contributed by atoms with E-state index in [1.165, 1.54) is 6.08 Å². The average Bonchev–Trinajstić information content (AvgIpc) is 3.38. The molecule has 1 aliphatic heterocycles. The molecule has 0 saturated carbocycles. The fourth-order valence-electron chi connectivity index (χ4n) is 4.39. The van der Waals surface area contributed by atoms with Crippen molar-refractivity contribution in [2.24, 2.45) is 5.73 Å². The van der Waals surface area contributed by atoms with Gasteiger partial charge in [0, 0.05) is 29.6 Å². The van der Waals surface area contributed by atoms with Crippen LogP contribution < -0.4 is 11.1 Å². The molecule has 0 bridgehead atoms. The van der Waals surface area contributed by atoms with Crippen molar-refractivity contribution in [1.82, 2.24) is 14.7 Å². The lowest BCUT2D eigenvalue weighted by atomic mass is 10.1. The van der Waals surface area contributed by atoms with Crippen LogP contribution in [0.3, 0.4) is 0 Å².